The van der Waals surface area contributed by atoms with E-state index in [0.717, 1.165) is 0 Å². The summed E-state index contributed by atoms with van der Waals surface area (Å²) < 4.78 is 2.28. The maximum absolute atomic E-state index is 2.48. The van der Waals surface area contributed by atoms with E-state index in [4.69, 9.17) is 0 Å². The monoisotopic (exact) mass is 299 g/mol. The Bertz CT molecular complexity index is 594. The first-order valence-corrected chi connectivity index (χ1v) is 9.29. The highest BCUT2D eigenvalue weighted by Gasteiger charge is 2.45. The van der Waals surface area contributed by atoms with E-state index in [0.29, 0.717) is 10.3 Å². The van der Waals surface area contributed by atoms with Crippen LogP contribution in [0.1, 0.15) is 47.0 Å². The lowest BCUT2D eigenvalue weighted by Crippen LogP contribution is -2.40. The van der Waals surface area contributed by atoms with Crippen LogP contribution in [0.5, 0.6) is 0 Å². The standard InChI is InChI=1S/C19H26NP/c1-18(2)12-9-13-19(3,4)21(18)17-11-6-5-10-16(17)20-14-7-8-15-20/h5-8,10-11,14-15H,9,12-13H2,1-4H3. The molecule has 0 unspecified atom stereocenters. The Labute approximate surface area is 130 Å². The van der Waals surface area contributed by atoms with Crippen LogP contribution in [0.2, 0.25) is 0 Å². The van der Waals surface area contributed by atoms with Gasteiger partial charge < -0.3 is 4.57 Å². The second-order valence-corrected chi connectivity index (χ2v) is 11.0. The van der Waals surface area contributed by atoms with Crippen molar-refractivity contribution < 1.29 is 0 Å². The van der Waals surface area contributed by atoms with Crippen molar-refractivity contribution in [3.05, 3.63) is 48.8 Å². The Balaban J connectivity index is 2.15. The summed E-state index contributed by atoms with van der Waals surface area (Å²) in [7, 11) is -0.200. The van der Waals surface area contributed by atoms with Crippen molar-refractivity contribution in [3.8, 4) is 5.69 Å². The van der Waals surface area contributed by atoms with Gasteiger partial charge in [-0.3, -0.25) is 0 Å². The van der Waals surface area contributed by atoms with Gasteiger partial charge in [-0.25, -0.2) is 0 Å². The Morgan fingerprint density at radius 2 is 1.43 bits per heavy atom. The van der Waals surface area contributed by atoms with E-state index < -0.39 is 0 Å². The predicted molar refractivity (Wildman–Crippen MR) is 94.3 cm³/mol. The molecule has 1 nitrogen and oxygen atoms in total. The summed E-state index contributed by atoms with van der Waals surface area (Å²) in [5.41, 5.74) is 1.37. The van der Waals surface area contributed by atoms with Crippen LogP contribution < -0.4 is 5.30 Å². The van der Waals surface area contributed by atoms with Crippen LogP contribution in [-0.2, 0) is 0 Å². The maximum Gasteiger partial charge on any atom is 0.0526 e. The summed E-state index contributed by atoms with van der Waals surface area (Å²) in [6, 6.07) is 13.3. The highest BCUT2D eigenvalue weighted by atomic mass is 31.1. The van der Waals surface area contributed by atoms with Gasteiger partial charge >= 0.3 is 0 Å². The van der Waals surface area contributed by atoms with Crippen molar-refractivity contribution in [1.82, 2.24) is 4.57 Å². The summed E-state index contributed by atoms with van der Waals surface area (Å²) in [5.74, 6) is 0. The normalized spacial score (nSPS) is 21.3. The van der Waals surface area contributed by atoms with E-state index in [1.807, 2.05) is 0 Å². The van der Waals surface area contributed by atoms with Gasteiger partial charge in [0.2, 0.25) is 0 Å². The topological polar surface area (TPSA) is 4.93 Å². The van der Waals surface area contributed by atoms with Crippen molar-refractivity contribution in [1.29, 1.82) is 0 Å². The molecule has 1 aliphatic heterocycles. The van der Waals surface area contributed by atoms with E-state index in [1.54, 1.807) is 5.30 Å². The minimum Gasteiger partial charge on any atom is -0.323 e. The van der Waals surface area contributed by atoms with Gasteiger partial charge in [0.25, 0.3) is 0 Å². The molecule has 0 aliphatic carbocycles. The molecular weight excluding hydrogens is 273 g/mol. The molecule has 0 saturated carbocycles. The van der Waals surface area contributed by atoms with E-state index in [1.165, 1.54) is 24.9 Å². The quantitative estimate of drug-likeness (QED) is 0.661. The molecule has 3 rings (SSSR count). The lowest BCUT2D eigenvalue weighted by atomic mass is 9.98. The van der Waals surface area contributed by atoms with Crippen LogP contribution in [0.4, 0.5) is 0 Å². The van der Waals surface area contributed by atoms with Crippen LogP contribution >= 0.6 is 7.92 Å². The van der Waals surface area contributed by atoms with Crippen molar-refractivity contribution in [2.75, 3.05) is 0 Å². The van der Waals surface area contributed by atoms with E-state index in [2.05, 4.69) is 81.1 Å². The van der Waals surface area contributed by atoms with Crippen molar-refractivity contribution >= 4 is 13.2 Å². The molecule has 2 aromatic rings. The van der Waals surface area contributed by atoms with E-state index in [-0.39, 0.29) is 7.92 Å². The molecule has 1 aliphatic rings. The molecule has 112 valence electrons. The molecule has 0 atom stereocenters. The Kier molecular flexibility index (Phi) is 3.74. The molecular formula is C19H26NP. The van der Waals surface area contributed by atoms with Gasteiger partial charge in [-0.1, -0.05) is 60.2 Å². The van der Waals surface area contributed by atoms with Crippen LogP contribution in [0.3, 0.4) is 0 Å². The summed E-state index contributed by atoms with van der Waals surface area (Å²) in [6.07, 6.45) is 8.39. The fourth-order valence-corrected chi connectivity index (χ4v) is 8.38. The Hall–Kier alpha value is -1.07. The summed E-state index contributed by atoms with van der Waals surface area (Å²) >= 11 is 0. The molecule has 1 aromatic carbocycles. The third-order valence-electron chi connectivity index (χ3n) is 4.79. The molecule has 0 amide bonds. The summed E-state index contributed by atoms with van der Waals surface area (Å²) in [6.45, 7) is 9.91. The van der Waals surface area contributed by atoms with Crippen molar-refractivity contribution in [2.24, 2.45) is 0 Å². The van der Waals surface area contributed by atoms with Gasteiger partial charge in [0.05, 0.1) is 5.69 Å². The first-order valence-electron chi connectivity index (χ1n) is 7.95. The summed E-state index contributed by atoms with van der Waals surface area (Å²) in [4.78, 5) is 0. The van der Waals surface area contributed by atoms with Crippen LogP contribution in [0.25, 0.3) is 5.69 Å². The third kappa shape index (κ3) is 2.69. The highest BCUT2D eigenvalue weighted by Crippen LogP contribution is 2.65. The molecule has 1 saturated heterocycles. The summed E-state index contributed by atoms with van der Waals surface area (Å²) in [5, 5.41) is 2.40. The molecule has 2 heteroatoms. The zero-order valence-corrected chi connectivity index (χ0v) is 14.5. The van der Waals surface area contributed by atoms with Gasteiger partial charge in [-0.05, 0) is 41.4 Å². The van der Waals surface area contributed by atoms with E-state index >= 15 is 0 Å². The third-order valence-corrected chi connectivity index (χ3v) is 8.52. The number of benzene rings is 1. The van der Waals surface area contributed by atoms with Gasteiger partial charge in [-0.2, -0.15) is 0 Å². The molecule has 1 fully saturated rings. The molecule has 1 aromatic heterocycles. The minimum absolute atomic E-state index is 0.200. The number of aromatic nitrogens is 1. The van der Waals surface area contributed by atoms with Gasteiger partial charge in [0, 0.05) is 17.7 Å². The van der Waals surface area contributed by atoms with Crippen LogP contribution in [-0.4, -0.2) is 14.9 Å². The minimum atomic E-state index is -0.200. The van der Waals surface area contributed by atoms with E-state index in [9.17, 15) is 0 Å². The van der Waals surface area contributed by atoms with Gasteiger partial charge in [-0.15, -0.1) is 0 Å². The average Bonchev–Trinajstić information content (AvgIpc) is 2.91. The SMILES string of the molecule is CC1(C)CCCC(C)(C)P1c1ccccc1-n1cccc1. The largest absolute Gasteiger partial charge is 0.323 e. The number of rotatable bonds is 2. The second kappa shape index (κ2) is 5.29. The first kappa shape index (κ1) is 14.9. The predicted octanol–water partition coefficient (Wildman–Crippen LogP) is 5.33. The molecule has 0 bridgehead atoms. The molecule has 21 heavy (non-hydrogen) atoms. The van der Waals surface area contributed by atoms with Gasteiger partial charge in [0.15, 0.2) is 0 Å². The zero-order chi connectivity index (χ0) is 15.1. The van der Waals surface area contributed by atoms with Gasteiger partial charge in [0.1, 0.15) is 0 Å². The second-order valence-electron chi connectivity index (χ2n) is 7.39. The zero-order valence-electron chi connectivity index (χ0n) is 13.6. The fraction of sp³-hybridized carbons (Fsp3) is 0.474. The highest BCUT2D eigenvalue weighted by molar-refractivity contribution is 7.68. The number of hydrogen-bond donors (Lipinski definition) is 0. The number of nitrogens with zero attached hydrogens (tertiary/aromatic N) is 1. The number of hydrogen-bond acceptors (Lipinski definition) is 0. The van der Waals surface area contributed by atoms with Crippen LogP contribution in [0.15, 0.2) is 48.8 Å². The first-order chi connectivity index (χ1) is 9.92. The average molecular weight is 299 g/mol. The lowest BCUT2D eigenvalue weighted by molar-refractivity contribution is 0.471. The van der Waals surface area contributed by atoms with Crippen molar-refractivity contribution in [3.63, 3.8) is 0 Å². The molecule has 0 radical (unpaired) electrons. The van der Waals surface area contributed by atoms with Crippen molar-refractivity contribution in [2.45, 2.75) is 57.3 Å². The van der Waals surface area contributed by atoms with Crippen LogP contribution in [0, 0.1) is 0 Å². The maximum atomic E-state index is 2.48. The lowest BCUT2D eigenvalue weighted by Gasteiger charge is -2.50. The Morgan fingerprint density at radius 1 is 0.857 bits per heavy atom. The molecule has 2 heterocycles. The molecule has 0 spiro atoms. The Morgan fingerprint density at radius 3 is 2.05 bits per heavy atom. The number of para-hydroxylation sites is 1. The fourth-order valence-electron chi connectivity index (χ4n) is 4.02. The smallest absolute Gasteiger partial charge is 0.0526 e. The molecule has 0 N–H and O–H groups in total.